The van der Waals surface area contributed by atoms with Crippen molar-refractivity contribution in [3.8, 4) is 5.75 Å². The van der Waals surface area contributed by atoms with E-state index in [1.807, 2.05) is 38.1 Å². The number of hydrogen-bond acceptors (Lipinski definition) is 4. The van der Waals surface area contributed by atoms with Crippen molar-refractivity contribution in [3.63, 3.8) is 0 Å². The molecular weight excluding hydrogens is 468 g/mol. The van der Waals surface area contributed by atoms with Crippen LogP contribution in [0.15, 0.2) is 51.8 Å². The Morgan fingerprint density at radius 1 is 1.21 bits per heavy atom. The number of rotatable bonds is 9. The molecule has 0 heterocycles. The smallest absolute Gasteiger partial charge is 0.258 e. The van der Waals surface area contributed by atoms with Crippen LogP contribution in [0.3, 0.4) is 0 Å². The molecule has 9 heteroatoms. The van der Waals surface area contributed by atoms with Gasteiger partial charge in [-0.2, -0.15) is 0 Å². The minimum absolute atomic E-state index is 0.0478. The third-order valence-electron chi connectivity index (χ3n) is 3.86. The van der Waals surface area contributed by atoms with Crippen LogP contribution in [-0.2, 0) is 14.8 Å². The van der Waals surface area contributed by atoms with Crippen LogP contribution in [0.1, 0.15) is 31.9 Å². The minimum atomic E-state index is -3.62. The fraction of sp³-hybridized carbons (Fsp3) is 0.316. The van der Waals surface area contributed by atoms with Gasteiger partial charge < -0.3 is 10.1 Å². The molecule has 0 saturated heterocycles. The molecule has 0 fully saturated rings. The summed E-state index contributed by atoms with van der Waals surface area (Å²) in [6.45, 7) is 3.85. The molecule has 0 aliphatic rings. The van der Waals surface area contributed by atoms with E-state index in [-0.39, 0.29) is 34.2 Å². The number of ether oxygens (including phenoxy) is 1. The summed E-state index contributed by atoms with van der Waals surface area (Å²) < 4.78 is 33.1. The summed E-state index contributed by atoms with van der Waals surface area (Å²) >= 11 is 9.49. The van der Waals surface area contributed by atoms with E-state index >= 15 is 0 Å². The summed E-state index contributed by atoms with van der Waals surface area (Å²) in [6, 6.07) is 11.6. The summed E-state index contributed by atoms with van der Waals surface area (Å²) in [7, 11) is -3.62. The van der Waals surface area contributed by atoms with Gasteiger partial charge in [-0.25, -0.2) is 13.1 Å². The Labute approximate surface area is 178 Å². The summed E-state index contributed by atoms with van der Waals surface area (Å²) in [6.07, 6.45) is 0.682. The zero-order valence-corrected chi connectivity index (χ0v) is 18.7. The number of carbonyl (C=O) groups is 1. The summed E-state index contributed by atoms with van der Waals surface area (Å²) in [5.74, 6) is -0.0738. The molecule has 0 aromatic heterocycles. The van der Waals surface area contributed by atoms with Gasteiger partial charge in [0.2, 0.25) is 10.0 Å². The van der Waals surface area contributed by atoms with E-state index in [9.17, 15) is 13.2 Å². The number of carbonyl (C=O) groups excluding carboxylic acids is 1. The van der Waals surface area contributed by atoms with E-state index < -0.39 is 10.0 Å². The molecule has 1 amide bonds. The van der Waals surface area contributed by atoms with Crippen molar-refractivity contribution in [1.82, 2.24) is 10.0 Å². The summed E-state index contributed by atoms with van der Waals surface area (Å²) in [5.41, 5.74) is 0.962. The molecule has 28 heavy (non-hydrogen) atoms. The Balaban J connectivity index is 1.94. The number of benzene rings is 2. The molecule has 0 spiro atoms. The van der Waals surface area contributed by atoms with Crippen LogP contribution in [0.5, 0.6) is 5.75 Å². The second-order valence-corrected chi connectivity index (χ2v) is 9.21. The van der Waals surface area contributed by atoms with Gasteiger partial charge in [0, 0.05) is 11.0 Å². The molecule has 0 radical (unpaired) electrons. The number of halogens is 2. The first kappa shape index (κ1) is 22.7. The maximum Gasteiger partial charge on any atom is 0.258 e. The van der Waals surface area contributed by atoms with Crippen LogP contribution in [0.2, 0.25) is 5.02 Å². The van der Waals surface area contributed by atoms with Crippen LogP contribution < -0.4 is 14.8 Å². The highest BCUT2D eigenvalue weighted by Crippen LogP contribution is 2.27. The van der Waals surface area contributed by atoms with E-state index in [0.717, 1.165) is 10.0 Å². The molecule has 1 atom stereocenters. The standard InChI is InChI=1S/C19H22BrClN2O4S/c1-3-10-22-28(25,26)16-8-9-18(17(21)11-16)27-12-19(24)23-13(2)14-4-6-15(20)7-5-14/h4-9,11,13,22H,3,10,12H2,1-2H3,(H,23,24)/t13-/m0/s1. The Morgan fingerprint density at radius 3 is 2.50 bits per heavy atom. The van der Waals surface area contributed by atoms with Gasteiger partial charge in [-0.1, -0.05) is 46.6 Å². The average molecular weight is 490 g/mol. The predicted octanol–water partition coefficient (Wildman–Crippen LogP) is 4.05. The van der Waals surface area contributed by atoms with Crippen molar-refractivity contribution in [2.75, 3.05) is 13.2 Å². The molecule has 0 aliphatic carbocycles. The lowest BCUT2D eigenvalue weighted by molar-refractivity contribution is -0.123. The molecular formula is C19H22BrClN2O4S. The number of sulfonamides is 1. The summed E-state index contributed by atoms with van der Waals surface area (Å²) in [5, 5.41) is 2.95. The highest BCUT2D eigenvalue weighted by Gasteiger charge is 2.16. The van der Waals surface area contributed by atoms with Crippen molar-refractivity contribution in [1.29, 1.82) is 0 Å². The first-order valence-electron chi connectivity index (χ1n) is 8.69. The van der Waals surface area contributed by atoms with Gasteiger partial charge in [0.05, 0.1) is 16.0 Å². The molecule has 0 unspecified atom stereocenters. The highest BCUT2D eigenvalue weighted by molar-refractivity contribution is 9.10. The lowest BCUT2D eigenvalue weighted by Gasteiger charge is -2.15. The van der Waals surface area contributed by atoms with Gasteiger partial charge in [0.1, 0.15) is 5.75 Å². The zero-order valence-electron chi connectivity index (χ0n) is 15.5. The molecule has 2 aromatic carbocycles. The van der Waals surface area contributed by atoms with Gasteiger partial charge in [-0.05, 0) is 49.2 Å². The third-order valence-corrected chi connectivity index (χ3v) is 6.14. The zero-order chi connectivity index (χ0) is 20.7. The third kappa shape index (κ3) is 6.48. The van der Waals surface area contributed by atoms with E-state index in [1.165, 1.54) is 18.2 Å². The van der Waals surface area contributed by atoms with Crippen LogP contribution in [0.25, 0.3) is 0 Å². The quantitative estimate of drug-likeness (QED) is 0.557. The Bertz CT molecular complexity index is 920. The van der Waals surface area contributed by atoms with Gasteiger partial charge in [-0.3, -0.25) is 4.79 Å². The fourth-order valence-electron chi connectivity index (χ4n) is 2.35. The molecule has 152 valence electrons. The van der Waals surface area contributed by atoms with Crippen LogP contribution >= 0.6 is 27.5 Å². The van der Waals surface area contributed by atoms with Crippen LogP contribution in [0, 0.1) is 0 Å². The van der Waals surface area contributed by atoms with Gasteiger partial charge >= 0.3 is 0 Å². The largest absolute Gasteiger partial charge is 0.482 e. The molecule has 2 N–H and O–H groups in total. The topological polar surface area (TPSA) is 84.5 Å². The minimum Gasteiger partial charge on any atom is -0.482 e. The van der Waals surface area contributed by atoms with E-state index in [2.05, 4.69) is 26.0 Å². The van der Waals surface area contributed by atoms with Crippen molar-refractivity contribution in [2.45, 2.75) is 31.2 Å². The molecule has 2 aromatic rings. The molecule has 0 bridgehead atoms. The first-order valence-corrected chi connectivity index (χ1v) is 11.3. The molecule has 6 nitrogen and oxygen atoms in total. The SMILES string of the molecule is CCCNS(=O)(=O)c1ccc(OCC(=O)N[C@@H](C)c2ccc(Br)cc2)c(Cl)c1. The normalized spacial score (nSPS) is 12.4. The lowest BCUT2D eigenvalue weighted by atomic mass is 10.1. The molecule has 0 aliphatic heterocycles. The van der Waals surface area contributed by atoms with Gasteiger partial charge in [-0.15, -0.1) is 0 Å². The first-order chi connectivity index (χ1) is 13.2. The monoisotopic (exact) mass is 488 g/mol. The number of amides is 1. The lowest BCUT2D eigenvalue weighted by Crippen LogP contribution is -2.31. The van der Waals surface area contributed by atoms with Crippen molar-refractivity contribution < 1.29 is 17.9 Å². The van der Waals surface area contributed by atoms with Gasteiger partial charge in [0.15, 0.2) is 6.61 Å². The van der Waals surface area contributed by atoms with Crippen molar-refractivity contribution >= 4 is 43.5 Å². The number of hydrogen-bond donors (Lipinski definition) is 2. The second-order valence-electron chi connectivity index (χ2n) is 6.12. The Hall–Kier alpha value is -1.61. The average Bonchev–Trinajstić information content (AvgIpc) is 2.65. The van der Waals surface area contributed by atoms with E-state index in [4.69, 9.17) is 16.3 Å². The number of nitrogens with one attached hydrogen (secondary N) is 2. The second kappa shape index (κ2) is 10.2. The molecule has 2 rings (SSSR count). The highest BCUT2D eigenvalue weighted by atomic mass is 79.9. The Morgan fingerprint density at radius 2 is 1.89 bits per heavy atom. The fourth-order valence-corrected chi connectivity index (χ4v) is 4.07. The van der Waals surface area contributed by atoms with E-state index in [0.29, 0.717) is 13.0 Å². The van der Waals surface area contributed by atoms with E-state index in [1.54, 1.807) is 0 Å². The predicted molar refractivity (Wildman–Crippen MR) is 113 cm³/mol. The van der Waals surface area contributed by atoms with Crippen LogP contribution in [0.4, 0.5) is 0 Å². The van der Waals surface area contributed by atoms with Crippen LogP contribution in [-0.4, -0.2) is 27.5 Å². The Kier molecular flexibility index (Phi) is 8.30. The van der Waals surface area contributed by atoms with Crippen molar-refractivity contribution in [3.05, 3.63) is 57.5 Å². The maximum atomic E-state index is 12.1. The summed E-state index contributed by atoms with van der Waals surface area (Å²) in [4.78, 5) is 12.2. The molecule has 0 saturated carbocycles. The van der Waals surface area contributed by atoms with Gasteiger partial charge in [0.25, 0.3) is 5.91 Å². The maximum absolute atomic E-state index is 12.1. The van der Waals surface area contributed by atoms with Crippen molar-refractivity contribution in [2.24, 2.45) is 0 Å².